The molecule has 7 heteroatoms. The van der Waals surface area contributed by atoms with E-state index in [4.69, 9.17) is 15.3 Å². The van der Waals surface area contributed by atoms with Crippen LogP contribution in [0.4, 0.5) is 0 Å². The molecule has 0 aromatic rings. The van der Waals surface area contributed by atoms with Gasteiger partial charge in [0.2, 0.25) is 5.91 Å². The summed E-state index contributed by atoms with van der Waals surface area (Å²) in [6.07, 6.45) is 0.0692. The van der Waals surface area contributed by atoms with Crippen molar-refractivity contribution in [2.45, 2.75) is 38.3 Å². The van der Waals surface area contributed by atoms with E-state index in [9.17, 15) is 9.59 Å². The zero-order valence-electron chi connectivity index (χ0n) is 10.6. The molecule has 5 N–H and O–H groups in total. The summed E-state index contributed by atoms with van der Waals surface area (Å²) in [4.78, 5) is 22.1. The summed E-state index contributed by atoms with van der Waals surface area (Å²) in [5.41, 5.74) is 0. The third-order valence-electron chi connectivity index (χ3n) is 2.39. The van der Waals surface area contributed by atoms with E-state index in [0.29, 0.717) is 19.4 Å². The number of carboxylic acid groups (broad SMARTS) is 1. The minimum absolute atomic E-state index is 0.00486. The highest BCUT2D eigenvalue weighted by Gasteiger charge is 2.15. The van der Waals surface area contributed by atoms with E-state index in [-0.39, 0.29) is 18.9 Å². The van der Waals surface area contributed by atoms with Crippen LogP contribution >= 0.6 is 0 Å². The van der Waals surface area contributed by atoms with Crippen molar-refractivity contribution in [1.82, 2.24) is 10.6 Å². The lowest BCUT2D eigenvalue weighted by Gasteiger charge is -2.13. The monoisotopic (exact) mass is 262 g/mol. The molecule has 0 saturated carbocycles. The molecule has 2 atom stereocenters. The topological polar surface area (TPSA) is 119 Å². The molecular weight excluding hydrogens is 240 g/mol. The van der Waals surface area contributed by atoms with Gasteiger partial charge in [0, 0.05) is 13.0 Å². The SMILES string of the molecule is CCNC(CCCC(=O)NCC(O)CO)C(=O)O. The standard InChI is InChI=1S/C11H22N2O5/c1-2-12-9(11(17)18)4-3-5-10(16)13-6-8(15)7-14/h8-9,12,14-15H,2-7H2,1H3,(H,13,16)(H,17,18). The molecule has 0 aliphatic rings. The molecule has 0 heterocycles. The molecule has 0 aromatic carbocycles. The van der Waals surface area contributed by atoms with E-state index in [1.165, 1.54) is 0 Å². The quantitative estimate of drug-likeness (QED) is 0.333. The molecule has 2 unspecified atom stereocenters. The molecule has 0 rings (SSSR count). The number of carbonyl (C=O) groups is 2. The number of aliphatic hydroxyl groups is 2. The highest BCUT2D eigenvalue weighted by atomic mass is 16.4. The van der Waals surface area contributed by atoms with Gasteiger partial charge in [-0.2, -0.15) is 0 Å². The van der Waals surface area contributed by atoms with Gasteiger partial charge in [0.05, 0.1) is 12.7 Å². The first-order chi connectivity index (χ1) is 8.51. The highest BCUT2D eigenvalue weighted by Crippen LogP contribution is 2.01. The van der Waals surface area contributed by atoms with Gasteiger partial charge < -0.3 is 26.0 Å². The van der Waals surface area contributed by atoms with Gasteiger partial charge in [-0.25, -0.2) is 0 Å². The van der Waals surface area contributed by atoms with Gasteiger partial charge in [0.15, 0.2) is 0 Å². The largest absolute Gasteiger partial charge is 0.480 e. The van der Waals surface area contributed by atoms with Crippen molar-refractivity contribution in [1.29, 1.82) is 0 Å². The Morgan fingerprint density at radius 1 is 1.33 bits per heavy atom. The molecular formula is C11H22N2O5. The Hall–Kier alpha value is -1.18. The molecule has 0 saturated heterocycles. The molecule has 106 valence electrons. The Labute approximate surface area is 106 Å². The lowest BCUT2D eigenvalue weighted by Crippen LogP contribution is -2.37. The number of likely N-dealkylation sites (N-methyl/N-ethyl adjacent to an activating group) is 1. The fourth-order valence-corrected chi connectivity index (χ4v) is 1.41. The Morgan fingerprint density at radius 2 is 2.00 bits per heavy atom. The molecule has 0 aliphatic carbocycles. The third kappa shape index (κ3) is 7.99. The fourth-order valence-electron chi connectivity index (χ4n) is 1.41. The van der Waals surface area contributed by atoms with Crippen molar-refractivity contribution < 1.29 is 24.9 Å². The molecule has 0 radical (unpaired) electrons. The number of aliphatic hydroxyl groups excluding tert-OH is 2. The summed E-state index contributed by atoms with van der Waals surface area (Å²) in [7, 11) is 0. The normalized spacial score (nSPS) is 13.9. The van der Waals surface area contributed by atoms with Crippen molar-refractivity contribution in [3.05, 3.63) is 0 Å². The van der Waals surface area contributed by atoms with Gasteiger partial charge in [-0.05, 0) is 19.4 Å². The van der Waals surface area contributed by atoms with Crippen LogP contribution in [-0.4, -0.2) is 59.0 Å². The van der Waals surface area contributed by atoms with E-state index in [0.717, 1.165) is 0 Å². The molecule has 18 heavy (non-hydrogen) atoms. The summed E-state index contributed by atoms with van der Waals surface area (Å²) in [5, 5.41) is 31.7. The number of hydrogen-bond acceptors (Lipinski definition) is 5. The van der Waals surface area contributed by atoms with Gasteiger partial charge in [0.25, 0.3) is 0 Å². The van der Waals surface area contributed by atoms with Crippen LogP contribution in [0, 0.1) is 0 Å². The van der Waals surface area contributed by atoms with Crippen LogP contribution < -0.4 is 10.6 Å². The molecule has 0 aromatic heterocycles. The Bertz CT molecular complexity index is 260. The molecule has 0 bridgehead atoms. The molecule has 1 amide bonds. The molecule has 0 fully saturated rings. The Kier molecular flexibility index (Phi) is 9.17. The maximum absolute atomic E-state index is 11.3. The predicted molar refractivity (Wildman–Crippen MR) is 65.1 cm³/mol. The van der Waals surface area contributed by atoms with Crippen LogP contribution in [0.1, 0.15) is 26.2 Å². The second kappa shape index (κ2) is 9.81. The number of nitrogens with one attached hydrogen (secondary N) is 2. The number of carbonyl (C=O) groups excluding carboxylic acids is 1. The van der Waals surface area contributed by atoms with Crippen molar-refractivity contribution in [2.75, 3.05) is 19.7 Å². The molecule has 0 spiro atoms. The van der Waals surface area contributed by atoms with Crippen LogP contribution in [0.3, 0.4) is 0 Å². The maximum Gasteiger partial charge on any atom is 0.320 e. The van der Waals surface area contributed by atoms with Gasteiger partial charge in [-0.1, -0.05) is 6.92 Å². The minimum atomic E-state index is -0.956. The number of aliphatic carboxylic acids is 1. The van der Waals surface area contributed by atoms with Gasteiger partial charge in [0.1, 0.15) is 6.04 Å². The average molecular weight is 262 g/mol. The third-order valence-corrected chi connectivity index (χ3v) is 2.39. The van der Waals surface area contributed by atoms with Crippen LogP contribution in [0.2, 0.25) is 0 Å². The first kappa shape index (κ1) is 16.8. The number of rotatable bonds is 10. The van der Waals surface area contributed by atoms with Gasteiger partial charge >= 0.3 is 5.97 Å². The summed E-state index contributed by atoms with van der Waals surface area (Å²) < 4.78 is 0. The number of carboxylic acids is 1. The first-order valence-electron chi connectivity index (χ1n) is 6.03. The minimum Gasteiger partial charge on any atom is -0.480 e. The first-order valence-corrected chi connectivity index (χ1v) is 6.03. The van der Waals surface area contributed by atoms with Crippen LogP contribution in [0.15, 0.2) is 0 Å². The lowest BCUT2D eigenvalue weighted by atomic mass is 10.1. The summed E-state index contributed by atoms with van der Waals surface area (Å²) in [6, 6.07) is -0.633. The van der Waals surface area contributed by atoms with E-state index in [2.05, 4.69) is 10.6 Å². The second-order valence-corrected chi connectivity index (χ2v) is 3.98. The van der Waals surface area contributed by atoms with Gasteiger partial charge in [-0.15, -0.1) is 0 Å². The van der Waals surface area contributed by atoms with Crippen LogP contribution in [0.25, 0.3) is 0 Å². The summed E-state index contributed by atoms with van der Waals surface area (Å²) in [6.45, 7) is 1.98. The molecule has 0 aliphatic heterocycles. The predicted octanol–water partition coefficient (Wildman–Crippen LogP) is -1.31. The van der Waals surface area contributed by atoms with E-state index >= 15 is 0 Å². The maximum atomic E-state index is 11.3. The summed E-state index contributed by atoms with van der Waals surface area (Å²) in [5.74, 6) is -1.18. The van der Waals surface area contributed by atoms with Gasteiger partial charge in [-0.3, -0.25) is 9.59 Å². The van der Waals surface area contributed by atoms with Crippen LogP contribution in [-0.2, 0) is 9.59 Å². The number of amides is 1. The van der Waals surface area contributed by atoms with E-state index in [1.807, 2.05) is 6.92 Å². The smallest absolute Gasteiger partial charge is 0.320 e. The van der Waals surface area contributed by atoms with E-state index in [1.54, 1.807) is 0 Å². The van der Waals surface area contributed by atoms with Crippen molar-refractivity contribution in [2.24, 2.45) is 0 Å². The zero-order valence-corrected chi connectivity index (χ0v) is 10.6. The Balaban J connectivity index is 3.74. The lowest BCUT2D eigenvalue weighted by molar-refractivity contribution is -0.139. The Morgan fingerprint density at radius 3 is 2.50 bits per heavy atom. The van der Waals surface area contributed by atoms with Crippen molar-refractivity contribution >= 4 is 11.9 Å². The average Bonchev–Trinajstić information content (AvgIpc) is 2.34. The molecule has 7 nitrogen and oxygen atoms in total. The van der Waals surface area contributed by atoms with Crippen molar-refractivity contribution in [3.63, 3.8) is 0 Å². The fraction of sp³-hybridized carbons (Fsp3) is 0.818. The second-order valence-electron chi connectivity index (χ2n) is 3.98. The summed E-state index contributed by atoms with van der Waals surface area (Å²) >= 11 is 0. The number of hydrogen-bond donors (Lipinski definition) is 5. The van der Waals surface area contributed by atoms with Crippen LogP contribution in [0.5, 0.6) is 0 Å². The van der Waals surface area contributed by atoms with E-state index < -0.39 is 24.7 Å². The zero-order chi connectivity index (χ0) is 14.0. The highest BCUT2D eigenvalue weighted by molar-refractivity contribution is 5.76. The van der Waals surface area contributed by atoms with Crippen molar-refractivity contribution in [3.8, 4) is 0 Å².